The van der Waals surface area contributed by atoms with Crippen molar-refractivity contribution in [3.63, 3.8) is 0 Å². The van der Waals surface area contributed by atoms with Crippen molar-refractivity contribution in [2.24, 2.45) is 16.3 Å². The number of hydrogen-bond acceptors (Lipinski definition) is 2. The summed E-state index contributed by atoms with van der Waals surface area (Å²) >= 11 is 0. The standard InChI is InChI=1S/C19H29N3O/c1-13-5-7-14(8-6-13)9-11-21-18(20-4)22-16-15-10-12-23-17(15)19(16,2)3/h5-8,15-17H,9-12H2,1-4H3,(H2,20,21,22). The largest absolute Gasteiger partial charge is 0.377 e. The zero-order valence-electron chi connectivity index (χ0n) is 14.7. The first-order valence-electron chi connectivity index (χ1n) is 8.66. The van der Waals surface area contributed by atoms with Crippen LogP contribution in [0.25, 0.3) is 0 Å². The Morgan fingerprint density at radius 2 is 2.04 bits per heavy atom. The molecular weight excluding hydrogens is 286 g/mol. The molecule has 4 heteroatoms. The fraction of sp³-hybridized carbons (Fsp3) is 0.632. The molecule has 1 aromatic carbocycles. The molecule has 1 aliphatic heterocycles. The molecule has 0 spiro atoms. The quantitative estimate of drug-likeness (QED) is 0.663. The number of aryl methyl sites for hydroxylation is 1. The second-order valence-electron chi connectivity index (χ2n) is 7.42. The highest BCUT2D eigenvalue weighted by Crippen LogP contribution is 2.52. The fourth-order valence-electron chi connectivity index (χ4n) is 4.04. The summed E-state index contributed by atoms with van der Waals surface area (Å²) in [6.07, 6.45) is 2.57. The molecule has 3 rings (SSSR count). The summed E-state index contributed by atoms with van der Waals surface area (Å²) in [5.41, 5.74) is 2.84. The number of rotatable bonds is 4. The summed E-state index contributed by atoms with van der Waals surface area (Å²) in [5.74, 6) is 1.53. The SMILES string of the molecule is CN=C(NCCc1ccc(C)cc1)NC1C2CCOC2C1(C)C. The Kier molecular flexibility index (Phi) is 4.62. The van der Waals surface area contributed by atoms with E-state index >= 15 is 0 Å². The second kappa shape index (κ2) is 6.52. The van der Waals surface area contributed by atoms with Crippen LogP contribution in [0.3, 0.4) is 0 Å². The molecule has 0 radical (unpaired) electrons. The molecule has 126 valence electrons. The topological polar surface area (TPSA) is 45.7 Å². The van der Waals surface area contributed by atoms with Gasteiger partial charge in [0.1, 0.15) is 0 Å². The molecule has 1 heterocycles. The monoisotopic (exact) mass is 315 g/mol. The minimum atomic E-state index is 0.176. The predicted octanol–water partition coefficient (Wildman–Crippen LogP) is 2.52. The molecule has 0 amide bonds. The molecule has 23 heavy (non-hydrogen) atoms. The number of aliphatic imine (C=N–C) groups is 1. The first-order chi connectivity index (χ1) is 11.0. The van der Waals surface area contributed by atoms with Crippen LogP contribution in [0.2, 0.25) is 0 Å². The van der Waals surface area contributed by atoms with Crippen LogP contribution in [-0.4, -0.2) is 38.3 Å². The lowest BCUT2D eigenvalue weighted by molar-refractivity contribution is -0.106. The van der Waals surface area contributed by atoms with Crippen molar-refractivity contribution in [3.05, 3.63) is 35.4 Å². The van der Waals surface area contributed by atoms with E-state index in [4.69, 9.17) is 4.74 Å². The molecule has 1 saturated heterocycles. The predicted molar refractivity (Wildman–Crippen MR) is 94.8 cm³/mol. The molecule has 0 aromatic heterocycles. The third kappa shape index (κ3) is 3.23. The van der Waals surface area contributed by atoms with Gasteiger partial charge in [0.2, 0.25) is 0 Å². The van der Waals surface area contributed by atoms with Gasteiger partial charge in [0.15, 0.2) is 5.96 Å². The lowest BCUT2D eigenvalue weighted by atomic mass is 9.57. The maximum absolute atomic E-state index is 5.86. The van der Waals surface area contributed by atoms with Gasteiger partial charge in [-0.1, -0.05) is 43.7 Å². The Bertz CT molecular complexity index is 564. The van der Waals surface area contributed by atoms with Gasteiger partial charge in [-0.15, -0.1) is 0 Å². The average molecular weight is 315 g/mol. The van der Waals surface area contributed by atoms with Gasteiger partial charge in [0.05, 0.1) is 6.10 Å². The smallest absolute Gasteiger partial charge is 0.191 e. The molecule has 1 aliphatic carbocycles. The van der Waals surface area contributed by atoms with Crippen LogP contribution in [0.5, 0.6) is 0 Å². The van der Waals surface area contributed by atoms with Crippen LogP contribution in [0.15, 0.2) is 29.3 Å². The minimum absolute atomic E-state index is 0.176. The van der Waals surface area contributed by atoms with Crippen molar-refractivity contribution in [2.45, 2.75) is 45.8 Å². The van der Waals surface area contributed by atoms with Crippen molar-refractivity contribution < 1.29 is 4.74 Å². The summed E-state index contributed by atoms with van der Waals surface area (Å²) < 4.78 is 5.86. The van der Waals surface area contributed by atoms with Gasteiger partial charge in [-0.25, -0.2) is 0 Å². The highest BCUT2D eigenvalue weighted by atomic mass is 16.5. The molecule has 2 aliphatic rings. The number of benzene rings is 1. The maximum Gasteiger partial charge on any atom is 0.191 e. The molecule has 0 bridgehead atoms. The van der Waals surface area contributed by atoms with E-state index in [-0.39, 0.29) is 5.41 Å². The van der Waals surface area contributed by atoms with Crippen LogP contribution in [0.1, 0.15) is 31.4 Å². The van der Waals surface area contributed by atoms with Crippen LogP contribution in [-0.2, 0) is 11.2 Å². The average Bonchev–Trinajstić information content (AvgIpc) is 2.99. The minimum Gasteiger partial charge on any atom is -0.377 e. The van der Waals surface area contributed by atoms with Crippen LogP contribution < -0.4 is 10.6 Å². The summed E-state index contributed by atoms with van der Waals surface area (Å²) in [7, 11) is 1.84. The number of guanidine groups is 1. The highest BCUT2D eigenvalue weighted by molar-refractivity contribution is 5.80. The van der Waals surface area contributed by atoms with E-state index in [1.165, 1.54) is 11.1 Å². The van der Waals surface area contributed by atoms with Gasteiger partial charge in [-0.3, -0.25) is 4.99 Å². The molecule has 3 atom stereocenters. The Balaban J connectivity index is 1.50. The molecule has 3 unspecified atom stereocenters. The molecule has 1 aromatic rings. The van der Waals surface area contributed by atoms with Crippen molar-refractivity contribution in [1.29, 1.82) is 0 Å². The third-order valence-electron chi connectivity index (χ3n) is 5.44. The molecular formula is C19H29N3O. The van der Waals surface area contributed by atoms with Gasteiger partial charge < -0.3 is 15.4 Å². The van der Waals surface area contributed by atoms with E-state index in [0.29, 0.717) is 18.1 Å². The molecule has 1 saturated carbocycles. The summed E-state index contributed by atoms with van der Waals surface area (Å²) in [6, 6.07) is 9.17. The van der Waals surface area contributed by atoms with E-state index in [1.807, 2.05) is 7.05 Å². The summed E-state index contributed by atoms with van der Waals surface area (Å²) in [5, 5.41) is 7.07. The zero-order chi connectivity index (χ0) is 16.4. The van der Waals surface area contributed by atoms with E-state index in [1.54, 1.807) is 0 Å². The Morgan fingerprint density at radius 3 is 2.74 bits per heavy atom. The first kappa shape index (κ1) is 16.3. The van der Waals surface area contributed by atoms with Crippen molar-refractivity contribution in [1.82, 2.24) is 10.6 Å². The summed E-state index contributed by atoms with van der Waals surface area (Å²) in [4.78, 5) is 4.39. The number of ether oxygens (including phenoxy) is 1. The van der Waals surface area contributed by atoms with Gasteiger partial charge in [0, 0.05) is 37.6 Å². The lowest BCUT2D eigenvalue weighted by Gasteiger charge is -2.54. The second-order valence-corrected chi connectivity index (χ2v) is 7.42. The van der Waals surface area contributed by atoms with Crippen LogP contribution in [0.4, 0.5) is 0 Å². The first-order valence-corrected chi connectivity index (χ1v) is 8.66. The molecule has 2 N–H and O–H groups in total. The van der Waals surface area contributed by atoms with Crippen molar-refractivity contribution in [2.75, 3.05) is 20.2 Å². The molecule has 2 fully saturated rings. The highest BCUT2D eigenvalue weighted by Gasteiger charge is 2.59. The lowest BCUT2D eigenvalue weighted by Crippen LogP contribution is -2.68. The van der Waals surface area contributed by atoms with E-state index in [9.17, 15) is 0 Å². The number of fused-ring (bicyclic) bond motifs is 1. The van der Waals surface area contributed by atoms with E-state index in [0.717, 1.165) is 32.0 Å². The van der Waals surface area contributed by atoms with Gasteiger partial charge >= 0.3 is 0 Å². The van der Waals surface area contributed by atoms with Gasteiger partial charge in [-0.05, 0) is 25.3 Å². The Hall–Kier alpha value is -1.55. The van der Waals surface area contributed by atoms with Crippen LogP contribution in [0, 0.1) is 18.3 Å². The normalized spacial score (nSPS) is 28.9. The number of nitrogens with one attached hydrogen (secondary N) is 2. The van der Waals surface area contributed by atoms with Crippen molar-refractivity contribution >= 4 is 5.96 Å². The summed E-state index contributed by atoms with van der Waals surface area (Å²) in [6.45, 7) is 8.48. The maximum atomic E-state index is 5.86. The zero-order valence-corrected chi connectivity index (χ0v) is 14.7. The fourth-order valence-corrected chi connectivity index (χ4v) is 4.04. The van der Waals surface area contributed by atoms with E-state index < -0.39 is 0 Å². The Labute approximate surface area is 139 Å². The third-order valence-corrected chi connectivity index (χ3v) is 5.44. The van der Waals surface area contributed by atoms with E-state index in [2.05, 4.69) is 60.7 Å². The number of hydrogen-bond donors (Lipinski definition) is 2. The molecule has 4 nitrogen and oxygen atoms in total. The van der Waals surface area contributed by atoms with Crippen molar-refractivity contribution in [3.8, 4) is 0 Å². The Morgan fingerprint density at radius 1 is 1.30 bits per heavy atom. The van der Waals surface area contributed by atoms with Gasteiger partial charge in [0.25, 0.3) is 0 Å². The number of nitrogens with zero attached hydrogens (tertiary/aromatic N) is 1. The van der Waals surface area contributed by atoms with Gasteiger partial charge in [-0.2, -0.15) is 0 Å². The van der Waals surface area contributed by atoms with Crippen LogP contribution >= 0.6 is 0 Å².